The molecule has 0 aromatic carbocycles. The number of carbonyl (C=O) groups is 2. The highest BCUT2D eigenvalue weighted by Crippen LogP contribution is 2.20. The summed E-state index contributed by atoms with van der Waals surface area (Å²) in [5.74, 6) is -0.972. The maximum Gasteiger partial charge on any atom is 0.260 e. The molecule has 1 saturated heterocycles. The average molecular weight is 398 g/mol. The fourth-order valence-corrected chi connectivity index (χ4v) is 4.55. The van der Waals surface area contributed by atoms with Crippen LogP contribution in [0.25, 0.3) is 0 Å². The molecule has 2 rings (SSSR count). The first kappa shape index (κ1) is 21.3. The molecule has 0 saturated carbocycles. The highest BCUT2D eigenvalue weighted by atomic mass is 32.2. The van der Waals surface area contributed by atoms with Crippen LogP contribution >= 0.6 is 0 Å². The van der Waals surface area contributed by atoms with Crippen LogP contribution in [-0.2, 0) is 19.6 Å². The number of sulfonamides is 1. The van der Waals surface area contributed by atoms with Gasteiger partial charge in [0.2, 0.25) is 11.8 Å². The number of hydrogen-bond acceptors (Lipinski definition) is 6. The second-order valence-corrected chi connectivity index (χ2v) is 8.78. The summed E-state index contributed by atoms with van der Waals surface area (Å²) in [6.45, 7) is 1.86. The molecule has 150 valence electrons. The van der Waals surface area contributed by atoms with E-state index in [1.54, 1.807) is 19.1 Å². The van der Waals surface area contributed by atoms with Crippen LogP contribution in [0, 0.1) is 5.92 Å². The van der Waals surface area contributed by atoms with E-state index in [0.717, 1.165) is 0 Å². The lowest BCUT2D eigenvalue weighted by Gasteiger charge is -2.25. The molecule has 2 unspecified atom stereocenters. The van der Waals surface area contributed by atoms with Gasteiger partial charge in [0.05, 0.1) is 12.1 Å². The van der Waals surface area contributed by atoms with Gasteiger partial charge in [-0.25, -0.2) is 13.4 Å². The number of nitrogens with two attached hydrogens (primary N) is 1. The Hall–Kier alpha value is -2.04. The first-order chi connectivity index (χ1) is 12.7. The Bertz CT molecular complexity index is 756. The van der Waals surface area contributed by atoms with Gasteiger partial charge in [-0.15, -0.1) is 0 Å². The van der Waals surface area contributed by atoms with E-state index in [2.05, 4.69) is 10.3 Å². The van der Waals surface area contributed by atoms with E-state index < -0.39 is 28.1 Å². The van der Waals surface area contributed by atoms with Crippen LogP contribution in [0.4, 0.5) is 0 Å². The Morgan fingerprint density at radius 1 is 1.41 bits per heavy atom. The summed E-state index contributed by atoms with van der Waals surface area (Å²) in [6.07, 6.45) is 1.52. The summed E-state index contributed by atoms with van der Waals surface area (Å²) >= 11 is 0. The highest BCUT2D eigenvalue weighted by molar-refractivity contribution is 7.89. The number of carbonyl (C=O) groups excluding carboxylic acids is 2. The molecule has 1 aromatic rings. The van der Waals surface area contributed by atoms with E-state index in [1.807, 2.05) is 0 Å². The molecular weight excluding hydrogens is 372 g/mol. The van der Waals surface area contributed by atoms with Crippen LogP contribution in [-0.4, -0.2) is 59.9 Å². The maximum absolute atomic E-state index is 12.7. The van der Waals surface area contributed by atoms with Crippen molar-refractivity contribution in [3.8, 4) is 0 Å². The molecule has 9 nitrogen and oxygen atoms in total. The minimum atomic E-state index is -3.80. The van der Waals surface area contributed by atoms with E-state index in [0.29, 0.717) is 12.8 Å². The number of aliphatic hydroxyl groups is 1. The Labute approximate surface area is 159 Å². The van der Waals surface area contributed by atoms with Gasteiger partial charge < -0.3 is 16.2 Å². The number of amides is 2. The van der Waals surface area contributed by atoms with E-state index in [-0.39, 0.29) is 42.8 Å². The van der Waals surface area contributed by atoms with E-state index in [1.165, 1.54) is 16.6 Å². The first-order valence-electron chi connectivity index (χ1n) is 8.87. The second kappa shape index (κ2) is 9.25. The fraction of sp³-hybridized carbons (Fsp3) is 0.588. The SMILES string of the molecule is CC(CC(N)=O)CC(=O)NC1CCCN(S(=O)(=O)c2ccccn2)C[C@@H]1O. The monoisotopic (exact) mass is 398 g/mol. The Kier molecular flexibility index (Phi) is 7.28. The van der Waals surface area contributed by atoms with Crippen LogP contribution in [0.15, 0.2) is 29.4 Å². The van der Waals surface area contributed by atoms with Crippen LogP contribution in [0.3, 0.4) is 0 Å². The maximum atomic E-state index is 12.7. The van der Waals surface area contributed by atoms with Crippen molar-refractivity contribution in [1.82, 2.24) is 14.6 Å². The topological polar surface area (TPSA) is 143 Å². The van der Waals surface area contributed by atoms with Gasteiger partial charge in [-0.2, -0.15) is 4.31 Å². The standard InChI is InChI=1S/C17H26N4O5S/c1-12(9-15(18)23)10-16(24)20-13-5-4-8-21(11-14(13)22)27(25,26)17-6-2-3-7-19-17/h2-3,6-7,12-14,22H,4-5,8-11H2,1H3,(H2,18,23)(H,20,24)/t12?,13?,14-/m0/s1. The summed E-state index contributed by atoms with van der Waals surface area (Å²) in [5, 5.41) is 13.1. The Morgan fingerprint density at radius 2 is 2.15 bits per heavy atom. The zero-order valence-electron chi connectivity index (χ0n) is 15.2. The van der Waals surface area contributed by atoms with Crippen molar-refractivity contribution in [3.05, 3.63) is 24.4 Å². The lowest BCUT2D eigenvalue weighted by atomic mass is 10.0. The number of β-amino-alcohol motifs (C(OH)–C–C–N with tert-alkyl or cyclic N) is 1. The summed E-state index contributed by atoms with van der Waals surface area (Å²) in [6, 6.07) is 4.07. The predicted molar refractivity (Wildman–Crippen MR) is 97.8 cm³/mol. The predicted octanol–water partition coefficient (Wildman–Crippen LogP) is -0.387. The van der Waals surface area contributed by atoms with Crippen molar-refractivity contribution < 1.29 is 23.1 Å². The van der Waals surface area contributed by atoms with E-state index in [9.17, 15) is 23.1 Å². The summed E-state index contributed by atoms with van der Waals surface area (Å²) in [5.41, 5.74) is 5.12. The van der Waals surface area contributed by atoms with Crippen molar-refractivity contribution in [1.29, 1.82) is 0 Å². The number of aliphatic hydroxyl groups excluding tert-OH is 1. The molecule has 2 amide bonds. The van der Waals surface area contributed by atoms with Gasteiger partial charge in [-0.1, -0.05) is 13.0 Å². The van der Waals surface area contributed by atoms with Crippen molar-refractivity contribution in [2.45, 2.75) is 49.8 Å². The molecule has 1 aliphatic rings. The molecule has 27 heavy (non-hydrogen) atoms. The van der Waals surface area contributed by atoms with E-state index >= 15 is 0 Å². The summed E-state index contributed by atoms with van der Waals surface area (Å²) < 4.78 is 26.6. The minimum absolute atomic E-state index is 0.0695. The van der Waals surface area contributed by atoms with Gasteiger partial charge in [0, 0.05) is 32.1 Å². The number of hydrogen-bond donors (Lipinski definition) is 3. The minimum Gasteiger partial charge on any atom is -0.390 e. The zero-order chi connectivity index (χ0) is 20.0. The lowest BCUT2D eigenvalue weighted by Crippen LogP contribution is -2.47. The normalized spacial score (nSPS) is 22.6. The molecule has 0 bridgehead atoms. The molecular formula is C17H26N4O5S. The third-order valence-electron chi connectivity index (χ3n) is 4.45. The summed E-state index contributed by atoms with van der Waals surface area (Å²) in [7, 11) is -3.80. The van der Waals surface area contributed by atoms with Crippen LogP contribution in [0.5, 0.6) is 0 Å². The Balaban J connectivity index is 1.98. The number of aromatic nitrogens is 1. The number of nitrogens with one attached hydrogen (secondary N) is 1. The first-order valence-corrected chi connectivity index (χ1v) is 10.3. The quantitative estimate of drug-likeness (QED) is 0.571. The van der Waals surface area contributed by atoms with Gasteiger partial charge >= 0.3 is 0 Å². The van der Waals surface area contributed by atoms with Gasteiger partial charge in [0.15, 0.2) is 5.03 Å². The molecule has 10 heteroatoms. The molecule has 4 N–H and O–H groups in total. The molecule has 1 fully saturated rings. The molecule has 0 spiro atoms. The molecule has 0 aliphatic carbocycles. The van der Waals surface area contributed by atoms with Crippen molar-refractivity contribution >= 4 is 21.8 Å². The number of primary amides is 1. The van der Waals surface area contributed by atoms with Crippen LogP contribution in [0.1, 0.15) is 32.6 Å². The molecule has 2 heterocycles. The summed E-state index contributed by atoms with van der Waals surface area (Å²) in [4.78, 5) is 26.9. The number of rotatable bonds is 7. The lowest BCUT2D eigenvalue weighted by molar-refractivity contribution is -0.124. The molecule has 3 atom stereocenters. The van der Waals surface area contributed by atoms with Crippen LogP contribution < -0.4 is 11.1 Å². The molecule has 1 aliphatic heterocycles. The number of nitrogens with zero attached hydrogens (tertiary/aromatic N) is 2. The van der Waals surface area contributed by atoms with Gasteiger partial charge in [-0.3, -0.25) is 9.59 Å². The average Bonchev–Trinajstić information content (AvgIpc) is 2.77. The largest absolute Gasteiger partial charge is 0.390 e. The fourth-order valence-electron chi connectivity index (χ4n) is 3.12. The highest BCUT2D eigenvalue weighted by Gasteiger charge is 2.33. The van der Waals surface area contributed by atoms with Gasteiger partial charge in [0.1, 0.15) is 0 Å². The van der Waals surface area contributed by atoms with Crippen LogP contribution in [0.2, 0.25) is 0 Å². The van der Waals surface area contributed by atoms with Crippen molar-refractivity contribution in [2.75, 3.05) is 13.1 Å². The zero-order valence-corrected chi connectivity index (χ0v) is 16.1. The molecule has 0 radical (unpaired) electrons. The van der Waals surface area contributed by atoms with Gasteiger partial charge in [0.25, 0.3) is 10.0 Å². The van der Waals surface area contributed by atoms with Gasteiger partial charge in [-0.05, 0) is 30.9 Å². The van der Waals surface area contributed by atoms with E-state index in [4.69, 9.17) is 5.73 Å². The third kappa shape index (κ3) is 5.98. The smallest absolute Gasteiger partial charge is 0.260 e. The second-order valence-electron chi connectivity index (χ2n) is 6.89. The van der Waals surface area contributed by atoms with Crippen molar-refractivity contribution in [2.24, 2.45) is 11.7 Å². The third-order valence-corrected chi connectivity index (χ3v) is 6.23. The Morgan fingerprint density at radius 3 is 2.78 bits per heavy atom. The van der Waals surface area contributed by atoms with Crippen molar-refractivity contribution in [3.63, 3.8) is 0 Å². The number of pyridine rings is 1. The molecule has 1 aromatic heterocycles.